The van der Waals surface area contributed by atoms with E-state index in [1.807, 2.05) is 24.5 Å². The number of nitrogens with zero attached hydrogens (tertiary/aromatic N) is 3. The molecule has 0 aliphatic rings. The Bertz CT molecular complexity index is 553. The van der Waals surface area contributed by atoms with Crippen molar-refractivity contribution in [2.75, 3.05) is 12.0 Å². The molecule has 2 N–H and O–H groups in total. The summed E-state index contributed by atoms with van der Waals surface area (Å²) in [7, 11) is 0. The van der Waals surface area contributed by atoms with E-state index < -0.39 is 0 Å². The van der Waals surface area contributed by atoms with Gasteiger partial charge in [-0.25, -0.2) is 4.68 Å². The zero-order valence-corrected chi connectivity index (χ0v) is 9.53. The third-order valence-corrected chi connectivity index (χ3v) is 2.76. The standard InChI is InChI=1S/C11H10N4S/c1-16-11-6-10(13)15(14-11)9-4-2-3-8(5-9)7-12/h2-6H,13H2,1H3. The smallest absolute Gasteiger partial charge is 0.128 e. The van der Waals surface area contributed by atoms with Crippen LogP contribution < -0.4 is 5.73 Å². The number of hydrogen-bond donors (Lipinski definition) is 1. The fourth-order valence-electron chi connectivity index (χ4n) is 1.39. The Kier molecular flexibility index (Phi) is 2.84. The molecule has 2 aromatic rings. The normalized spacial score (nSPS) is 10.0. The molecule has 4 nitrogen and oxygen atoms in total. The summed E-state index contributed by atoms with van der Waals surface area (Å²) in [6, 6.07) is 11.1. The van der Waals surface area contributed by atoms with Gasteiger partial charge in [0.2, 0.25) is 0 Å². The zero-order chi connectivity index (χ0) is 11.5. The maximum atomic E-state index is 8.81. The van der Waals surface area contributed by atoms with Crippen molar-refractivity contribution >= 4 is 17.6 Å². The first-order valence-electron chi connectivity index (χ1n) is 4.64. The van der Waals surface area contributed by atoms with E-state index in [2.05, 4.69) is 11.2 Å². The lowest BCUT2D eigenvalue weighted by atomic mass is 10.2. The predicted molar refractivity (Wildman–Crippen MR) is 64.5 cm³/mol. The molecule has 0 saturated carbocycles. The molecule has 0 bridgehead atoms. The van der Waals surface area contributed by atoms with Crippen LogP contribution >= 0.6 is 11.8 Å². The summed E-state index contributed by atoms with van der Waals surface area (Å²) in [4.78, 5) is 0. The first-order valence-corrected chi connectivity index (χ1v) is 5.87. The Hall–Kier alpha value is -1.93. The Morgan fingerprint density at radius 2 is 2.25 bits per heavy atom. The van der Waals surface area contributed by atoms with Gasteiger partial charge < -0.3 is 5.73 Å². The van der Waals surface area contributed by atoms with E-state index >= 15 is 0 Å². The largest absolute Gasteiger partial charge is 0.384 e. The van der Waals surface area contributed by atoms with Crippen LogP contribution in [0.2, 0.25) is 0 Å². The van der Waals surface area contributed by atoms with Gasteiger partial charge in [0.1, 0.15) is 10.8 Å². The quantitative estimate of drug-likeness (QED) is 0.802. The van der Waals surface area contributed by atoms with Gasteiger partial charge in [0.25, 0.3) is 0 Å². The molecule has 0 spiro atoms. The molecular weight excluding hydrogens is 220 g/mol. The van der Waals surface area contributed by atoms with Crippen LogP contribution in [0, 0.1) is 11.3 Å². The number of anilines is 1. The Morgan fingerprint density at radius 3 is 2.88 bits per heavy atom. The molecule has 2 rings (SSSR count). The van der Waals surface area contributed by atoms with Gasteiger partial charge >= 0.3 is 0 Å². The summed E-state index contributed by atoms with van der Waals surface area (Å²) < 4.78 is 1.63. The van der Waals surface area contributed by atoms with Crippen LogP contribution in [0.4, 0.5) is 5.82 Å². The highest BCUT2D eigenvalue weighted by molar-refractivity contribution is 7.98. The van der Waals surface area contributed by atoms with Crippen molar-refractivity contribution in [3.63, 3.8) is 0 Å². The second-order valence-corrected chi connectivity index (χ2v) is 4.01. The van der Waals surface area contributed by atoms with Crippen molar-refractivity contribution in [1.82, 2.24) is 9.78 Å². The first-order chi connectivity index (χ1) is 7.74. The summed E-state index contributed by atoms with van der Waals surface area (Å²) in [5.74, 6) is 0.569. The lowest BCUT2D eigenvalue weighted by Gasteiger charge is -2.03. The number of hydrogen-bond acceptors (Lipinski definition) is 4. The predicted octanol–water partition coefficient (Wildman–Crippen LogP) is 2.05. The molecule has 80 valence electrons. The molecule has 1 heterocycles. The van der Waals surface area contributed by atoms with E-state index in [-0.39, 0.29) is 0 Å². The lowest BCUT2D eigenvalue weighted by molar-refractivity contribution is 0.846. The average molecular weight is 230 g/mol. The van der Waals surface area contributed by atoms with E-state index in [4.69, 9.17) is 11.0 Å². The van der Waals surface area contributed by atoms with Gasteiger partial charge in [-0.15, -0.1) is 11.8 Å². The van der Waals surface area contributed by atoms with Gasteiger partial charge in [0.05, 0.1) is 17.3 Å². The Labute approximate surface area is 97.7 Å². The molecule has 0 unspecified atom stereocenters. The van der Waals surface area contributed by atoms with Crippen LogP contribution in [0.25, 0.3) is 5.69 Å². The third kappa shape index (κ3) is 1.88. The second-order valence-electron chi connectivity index (χ2n) is 3.19. The highest BCUT2D eigenvalue weighted by atomic mass is 32.2. The molecule has 0 amide bonds. The van der Waals surface area contributed by atoms with E-state index in [1.54, 1.807) is 16.8 Å². The third-order valence-electron chi connectivity index (χ3n) is 2.14. The highest BCUT2D eigenvalue weighted by Crippen LogP contribution is 2.20. The topological polar surface area (TPSA) is 67.6 Å². The highest BCUT2D eigenvalue weighted by Gasteiger charge is 2.06. The maximum absolute atomic E-state index is 8.81. The minimum atomic E-state index is 0.569. The van der Waals surface area contributed by atoms with Crippen molar-refractivity contribution < 1.29 is 0 Å². The van der Waals surface area contributed by atoms with Crippen LogP contribution in [0.3, 0.4) is 0 Å². The molecule has 1 aromatic heterocycles. The van der Waals surface area contributed by atoms with Crippen molar-refractivity contribution in [2.45, 2.75) is 5.03 Å². The Balaban J connectivity index is 2.50. The van der Waals surface area contributed by atoms with Gasteiger partial charge in [-0.2, -0.15) is 10.4 Å². The number of benzene rings is 1. The van der Waals surface area contributed by atoms with Crippen molar-refractivity contribution in [3.05, 3.63) is 35.9 Å². The summed E-state index contributed by atoms with van der Waals surface area (Å²) in [6.45, 7) is 0. The number of nitrogens with two attached hydrogens (primary N) is 1. The monoisotopic (exact) mass is 230 g/mol. The van der Waals surface area contributed by atoms with E-state index in [0.717, 1.165) is 10.7 Å². The van der Waals surface area contributed by atoms with Crippen molar-refractivity contribution in [1.29, 1.82) is 5.26 Å². The minimum absolute atomic E-state index is 0.569. The first kappa shape index (κ1) is 10.6. The molecule has 0 saturated heterocycles. The average Bonchev–Trinajstić information content (AvgIpc) is 2.71. The van der Waals surface area contributed by atoms with E-state index in [1.165, 1.54) is 11.8 Å². The summed E-state index contributed by atoms with van der Waals surface area (Å²) in [5, 5.41) is 14.0. The van der Waals surface area contributed by atoms with Crippen molar-refractivity contribution in [2.24, 2.45) is 0 Å². The molecule has 5 heteroatoms. The summed E-state index contributed by atoms with van der Waals surface area (Å²) >= 11 is 1.53. The molecule has 0 aliphatic carbocycles. The van der Waals surface area contributed by atoms with Crippen molar-refractivity contribution in [3.8, 4) is 11.8 Å². The lowest BCUT2D eigenvalue weighted by Crippen LogP contribution is -2.01. The molecule has 0 atom stereocenters. The van der Waals surface area contributed by atoms with Gasteiger partial charge in [0.15, 0.2) is 0 Å². The molecule has 0 fully saturated rings. The van der Waals surface area contributed by atoms with Gasteiger partial charge in [-0.1, -0.05) is 6.07 Å². The van der Waals surface area contributed by atoms with Gasteiger partial charge in [-0.3, -0.25) is 0 Å². The van der Waals surface area contributed by atoms with Crippen LogP contribution in [0.15, 0.2) is 35.4 Å². The van der Waals surface area contributed by atoms with Crippen LogP contribution in [-0.4, -0.2) is 16.0 Å². The number of rotatable bonds is 2. The fraction of sp³-hybridized carbons (Fsp3) is 0.0909. The molecule has 0 aliphatic heterocycles. The summed E-state index contributed by atoms with van der Waals surface area (Å²) in [6.07, 6.45) is 1.94. The maximum Gasteiger partial charge on any atom is 0.128 e. The number of aromatic nitrogens is 2. The number of thioether (sulfide) groups is 1. The van der Waals surface area contributed by atoms with Crippen LogP contribution in [-0.2, 0) is 0 Å². The fourth-order valence-corrected chi connectivity index (χ4v) is 1.79. The number of nitriles is 1. The summed E-state index contributed by atoms with van der Waals surface area (Å²) in [5.41, 5.74) is 7.24. The second kappa shape index (κ2) is 4.29. The van der Waals surface area contributed by atoms with E-state index in [0.29, 0.717) is 11.4 Å². The van der Waals surface area contributed by atoms with Crippen LogP contribution in [0.1, 0.15) is 5.56 Å². The molecule has 0 radical (unpaired) electrons. The molecular formula is C11H10N4S. The molecule has 16 heavy (non-hydrogen) atoms. The zero-order valence-electron chi connectivity index (χ0n) is 8.71. The minimum Gasteiger partial charge on any atom is -0.384 e. The van der Waals surface area contributed by atoms with Crippen LogP contribution in [0.5, 0.6) is 0 Å². The van der Waals surface area contributed by atoms with Gasteiger partial charge in [0, 0.05) is 6.07 Å². The SMILES string of the molecule is CSc1cc(N)n(-c2cccc(C#N)c2)n1. The Morgan fingerprint density at radius 1 is 1.44 bits per heavy atom. The number of nitrogen functional groups attached to an aromatic ring is 1. The molecule has 1 aromatic carbocycles. The van der Waals surface area contributed by atoms with Gasteiger partial charge in [-0.05, 0) is 24.5 Å². The van der Waals surface area contributed by atoms with E-state index in [9.17, 15) is 0 Å².